The number of rotatable bonds is 3. The van der Waals surface area contributed by atoms with Gasteiger partial charge in [0.2, 0.25) is 0 Å². The molecule has 0 saturated heterocycles. The Morgan fingerprint density at radius 2 is 2.00 bits per heavy atom. The number of fused-ring (bicyclic) bond motifs is 1. The Labute approximate surface area is 125 Å². The maximum absolute atomic E-state index is 12.1. The van der Waals surface area contributed by atoms with Crippen LogP contribution in [0.1, 0.15) is 29.5 Å². The van der Waals surface area contributed by atoms with Crippen LogP contribution in [-0.2, 0) is 0 Å². The van der Waals surface area contributed by atoms with Crippen LogP contribution in [-0.4, -0.2) is 15.0 Å². The van der Waals surface area contributed by atoms with Crippen molar-refractivity contribution in [3.05, 3.63) is 51.9 Å². The Hall–Kier alpha value is -2.08. The van der Waals surface area contributed by atoms with Crippen molar-refractivity contribution in [2.75, 3.05) is 0 Å². The van der Waals surface area contributed by atoms with Gasteiger partial charge in [0.15, 0.2) is 0 Å². The standard InChI is InChI=1S/C15H15N3O2S/c1-8-9(2)20-15(16-8)21-10(3)13-17-12-7-5-4-6-11(12)14(19)18-13/h4-7,10H,1-3H3,(H,17,18,19). The number of oxazole rings is 1. The number of hydrogen-bond donors (Lipinski definition) is 1. The van der Waals surface area contributed by atoms with Crippen LogP contribution < -0.4 is 5.56 Å². The van der Waals surface area contributed by atoms with E-state index in [1.54, 1.807) is 6.07 Å². The highest BCUT2D eigenvalue weighted by atomic mass is 32.2. The van der Waals surface area contributed by atoms with Crippen LogP contribution in [0.4, 0.5) is 0 Å². The van der Waals surface area contributed by atoms with E-state index in [1.165, 1.54) is 11.8 Å². The van der Waals surface area contributed by atoms with Gasteiger partial charge < -0.3 is 9.40 Å². The number of nitrogens with one attached hydrogen (secondary N) is 1. The highest BCUT2D eigenvalue weighted by molar-refractivity contribution is 7.99. The highest BCUT2D eigenvalue weighted by Crippen LogP contribution is 2.33. The summed E-state index contributed by atoms with van der Waals surface area (Å²) in [5, 5.41) is 1.13. The van der Waals surface area contributed by atoms with Crippen LogP contribution in [0.3, 0.4) is 0 Å². The lowest BCUT2D eigenvalue weighted by atomic mass is 10.2. The third-order valence-corrected chi connectivity index (χ3v) is 4.26. The van der Waals surface area contributed by atoms with Gasteiger partial charge in [0, 0.05) is 0 Å². The van der Waals surface area contributed by atoms with Gasteiger partial charge >= 0.3 is 0 Å². The van der Waals surface area contributed by atoms with Crippen LogP contribution in [0.2, 0.25) is 0 Å². The minimum Gasteiger partial charge on any atom is -0.437 e. The van der Waals surface area contributed by atoms with Gasteiger partial charge in [-0.25, -0.2) is 9.97 Å². The van der Waals surface area contributed by atoms with E-state index >= 15 is 0 Å². The smallest absolute Gasteiger partial charge is 0.258 e. The first-order valence-electron chi connectivity index (χ1n) is 6.64. The zero-order chi connectivity index (χ0) is 15.0. The van der Waals surface area contributed by atoms with Crippen LogP contribution in [0.5, 0.6) is 0 Å². The molecule has 2 aromatic heterocycles. The Balaban J connectivity index is 1.94. The van der Waals surface area contributed by atoms with Gasteiger partial charge in [-0.1, -0.05) is 23.9 Å². The molecule has 0 radical (unpaired) electrons. The molecule has 1 unspecified atom stereocenters. The van der Waals surface area contributed by atoms with Crippen LogP contribution in [0, 0.1) is 13.8 Å². The van der Waals surface area contributed by atoms with Crippen molar-refractivity contribution in [2.45, 2.75) is 31.2 Å². The van der Waals surface area contributed by atoms with Gasteiger partial charge in [-0.05, 0) is 32.9 Å². The predicted octanol–water partition coefficient (Wildman–Crippen LogP) is 3.38. The summed E-state index contributed by atoms with van der Waals surface area (Å²) in [7, 11) is 0. The Morgan fingerprint density at radius 1 is 1.24 bits per heavy atom. The SMILES string of the molecule is Cc1nc(SC(C)c2nc3ccccc3c(=O)[nH]2)oc1C. The largest absolute Gasteiger partial charge is 0.437 e. The van der Waals surface area contributed by atoms with E-state index < -0.39 is 0 Å². The number of aromatic nitrogens is 3. The fourth-order valence-corrected chi connectivity index (χ4v) is 2.89. The molecule has 1 atom stereocenters. The fourth-order valence-electron chi connectivity index (χ4n) is 2.00. The molecule has 3 rings (SSSR count). The first-order valence-corrected chi connectivity index (χ1v) is 7.52. The Kier molecular flexibility index (Phi) is 3.55. The molecule has 3 aromatic rings. The quantitative estimate of drug-likeness (QED) is 0.751. The third kappa shape index (κ3) is 2.71. The first kappa shape index (κ1) is 13.9. The Morgan fingerprint density at radius 3 is 2.71 bits per heavy atom. The minimum atomic E-state index is -0.122. The monoisotopic (exact) mass is 301 g/mol. The van der Waals surface area contributed by atoms with Crippen molar-refractivity contribution < 1.29 is 4.42 Å². The summed E-state index contributed by atoms with van der Waals surface area (Å²) in [5.41, 5.74) is 1.45. The van der Waals surface area contributed by atoms with Gasteiger partial charge in [-0.2, -0.15) is 0 Å². The maximum atomic E-state index is 12.1. The number of nitrogens with zero attached hydrogens (tertiary/aromatic N) is 2. The van der Waals surface area contributed by atoms with Crippen molar-refractivity contribution in [1.29, 1.82) is 0 Å². The summed E-state index contributed by atoms with van der Waals surface area (Å²) in [5.74, 6) is 1.43. The van der Waals surface area contributed by atoms with Crippen molar-refractivity contribution >= 4 is 22.7 Å². The predicted molar refractivity (Wildman–Crippen MR) is 82.6 cm³/mol. The average Bonchev–Trinajstić information content (AvgIpc) is 2.77. The minimum absolute atomic E-state index is 0.0558. The number of para-hydroxylation sites is 1. The second-order valence-corrected chi connectivity index (χ2v) is 6.14. The van der Waals surface area contributed by atoms with Gasteiger partial charge in [0.05, 0.1) is 21.8 Å². The Bertz CT molecular complexity index is 834. The molecule has 2 heterocycles. The van der Waals surface area contributed by atoms with Crippen molar-refractivity contribution in [3.8, 4) is 0 Å². The molecule has 6 heteroatoms. The van der Waals surface area contributed by atoms with E-state index in [4.69, 9.17) is 4.42 Å². The maximum Gasteiger partial charge on any atom is 0.258 e. The molecule has 0 saturated carbocycles. The lowest BCUT2D eigenvalue weighted by molar-refractivity contribution is 0.430. The molecular formula is C15H15N3O2S. The molecule has 0 aliphatic heterocycles. The molecule has 0 spiro atoms. The van der Waals surface area contributed by atoms with E-state index in [-0.39, 0.29) is 10.8 Å². The number of thioether (sulfide) groups is 1. The third-order valence-electron chi connectivity index (χ3n) is 3.30. The fraction of sp³-hybridized carbons (Fsp3) is 0.267. The topological polar surface area (TPSA) is 71.8 Å². The van der Waals surface area contributed by atoms with Crippen LogP contribution >= 0.6 is 11.8 Å². The van der Waals surface area contributed by atoms with Crippen molar-refractivity contribution in [1.82, 2.24) is 15.0 Å². The molecule has 108 valence electrons. The number of aromatic amines is 1. The average molecular weight is 301 g/mol. The second-order valence-electron chi connectivity index (χ2n) is 4.85. The summed E-state index contributed by atoms with van der Waals surface area (Å²) in [4.78, 5) is 23.8. The van der Waals surface area contributed by atoms with Gasteiger partial charge in [0.25, 0.3) is 10.8 Å². The number of hydrogen-bond acceptors (Lipinski definition) is 5. The van der Waals surface area contributed by atoms with E-state index in [2.05, 4.69) is 15.0 Å². The summed E-state index contributed by atoms with van der Waals surface area (Å²) in [6, 6.07) is 7.31. The normalized spacial score (nSPS) is 12.7. The number of benzene rings is 1. The highest BCUT2D eigenvalue weighted by Gasteiger charge is 2.16. The lowest BCUT2D eigenvalue weighted by Gasteiger charge is -2.08. The van der Waals surface area contributed by atoms with E-state index in [1.807, 2.05) is 39.0 Å². The number of aryl methyl sites for hydroxylation is 2. The molecule has 0 aliphatic carbocycles. The first-order chi connectivity index (χ1) is 10.0. The van der Waals surface area contributed by atoms with E-state index in [0.717, 1.165) is 11.5 Å². The van der Waals surface area contributed by atoms with Gasteiger partial charge in [-0.3, -0.25) is 4.79 Å². The zero-order valence-electron chi connectivity index (χ0n) is 12.0. The van der Waals surface area contributed by atoms with E-state index in [9.17, 15) is 4.79 Å². The molecule has 5 nitrogen and oxygen atoms in total. The van der Waals surface area contributed by atoms with Crippen molar-refractivity contribution in [2.24, 2.45) is 0 Å². The summed E-state index contributed by atoms with van der Waals surface area (Å²) in [6.07, 6.45) is 0. The summed E-state index contributed by atoms with van der Waals surface area (Å²) >= 11 is 1.44. The summed E-state index contributed by atoms with van der Waals surface area (Å²) < 4.78 is 5.56. The lowest BCUT2D eigenvalue weighted by Crippen LogP contribution is -2.12. The van der Waals surface area contributed by atoms with E-state index in [0.29, 0.717) is 22.0 Å². The van der Waals surface area contributed by atoms with Gasteiger partial charge in [-0.15, -0.1) is 0 Å². The van der Waals surface area contributed by atoms with Crippen molar-refractivity contribution in [3.63, 3.8) is 0 Å². The second kappa shape index (κ2) is 5.37. The van der Waals surface area contributed by atoms with Gasteiger partial charge in [0.1, 0.15) is 11.6 Å². The number of H-pyrrole nitrogens is 1. The molecular weight excluding hydrogens is 286 g/mol. The molecule has 0 fully saturated rings. The molecule has 0 bridgehead atoms. The van der Waals surface area contributed by atoms with Crippen LogP contribution in [0.15, 0.2) is 38.7 Å². The zero-order valence-corrected chi connectivity index (χ0v) is 12.8. The molecule has 0 aliphatic rings. The van der Waals surface area contributed by atoms with Crippen LogP contribution in [0.25, 0.3) is 10.9 Å². The summed E-state index contributed by atoms with van der Waals surface area (Å²) in [6.45, 7) is 5.75. The molecule has 0 amide bonds. The molecule has 1 aromatic carbocycles. The molecule has 21 heavy (non-hydrogen) atoms. The molecule has 1 N–H and O–H groups in total.